The zero-order valence-electron chi connectivity index (χ0n) is 13.1. The average molecular weight is 298 g/mol. The molecule has 22 heavy (non-hydrogen) atoms. The minimum absolute atomic E-state index is 0.365. The molecule has 1 fully saturated rings. The van der Waals surface area contributed by atoms with Gasteiger partial charge in [0.25, 0.3) is 0 Å². The average Bonchev–Trinajstić information content (AvgIpc) is 2.55. The second-order valence-electron chi connectivity index (χ2n) is 5.70. The van der Waals surface area contributed by atoms with Gasteiger partial charge in [-0.05, 0) is 32.0 Å². The number of nitrogens with zero attached hydrogens (tertiary/aromatic N) is 5. The van der Waals surface area contributed by atoms with Crippen LogP contribution in [0, 0.1) is 0 Å². The lowest BCUT2D eigenvalue weighted by molar-refractivity contribution is 0.634. The first-order chi connectivity index (χ1) is 10.7. The van der Waals surface area contributed by atoms with E-state index in [0.29, 0.717) is 6.04 Å². The van der Waals surface area contributed by atoms with Crippen LogP contribution in [-0.2, 0) is 0 Å². The molecule has 2 aromatic heterocycles. The van der Waals surface area contributed by atoms with Crippen LogP contribution in [0.2, 0.25) is 0 Å². The van der Waals surface area contributed by atoms with E-state index in [4.69, 9.17) is 0 Å². The van der Waals surface area contributed by atoms with Gasteiger partial charge < -0.3 is 15.1 Å². The van der Waals surface area contributed by atoms with E-state index in [9.17, 15) is 0 Å². The van der Waals surface area contributed by atoms with Crippen molar-refractivity contribution in [1.82, 2.24) is 15.0 Å². The molecule has 6 nitrogen and oxygen atoms in total. The molecule has 1 aliphatic heterocycles. The SMILES string of the molecule is CC(C)Nc1ccnc(N2CCN(c3ccccn3)CC2)n1. The zero-order valence-corrected chi connectivity index (χ0v) is 13.1. The number of pyridine rings is 1. The number of hydrogen-bond donors (Lipinski definition) is 1. The van der Waals surface area contributed by atoms with Crippen molar-refractivity contribution in [2.24, 2.45) is 0 Å². The van der Waals surface area contributed by atoms with Crippen molar-refractivity contribution in [3.05, 3.63) is 36.7 Å². The van der Waals surface area contributed by atoms with Crippen molar-refractivity contribution in [2.45, 2.75) is 19.9 Å². The molecule has 1 N–H and O–H groups in total. The Bertz CT molecular complexity index is 593. The van der Waals surface area contributed by atoms with Gasteiger partial charge in [0, 0.05) is 44.6 Å². The Morgan fingerprint density at radius 1 is 0.955 bits per heavy atom. The zero-order chi connectivity index (χ0) is 15.4. The fourth-order valence-electron chi connectivity index (χ4n) is 2.55. The number of piperazine rings is 1. The maximum absolute atomic E-state index is 4.60. The summed E-state index contributed by atoms with van der Waals surface area (Å²) in [6.07, 6.45) is 3.66. The predicted octanol–water partition coefficient (Wildman–Crippen LogP) is 2.02. The maximum atomic E-state index is 4.60. The summed E-state index contributed by atoms with van der Waals surface area (Å²) in [5.74, 6) is 2.72. The summed E-state index contributed by atoms with van der Waals surface area (Å²) in [6, 6.07) is 8.30. The van der Waals surface area contributed by atoms with Crippen LogP contribution in [-0.4, -0.2) is 47.2 Å². The van der Waals surface area contributed by atoms with E-state index in [1.54, 1.807) is 0 Å². The first-order valence-electron chi connectivity index (χ1n) is 7.73. The summed E-state index contributed by atoms with van der Waals surface area (Å²) in [5.41, 5.74) is 0. The highest BCUT2D eigenvalue weighted by molar-refractivity contribution is 5.45. The van der Waals surface area contributed by atoms with E-state index in [1.807, 2.05) is 30.6 Å². The molecule has 0 aromatic carbocycles. The van der Waals surface area contributed by atoms with Crippen LogP contribution in [0.5, 0.6) is 0 Å². The van der Waals surface area contributed by atoms with Crippen LogP contribution in [0.1, 0.15) is 13.8 Å². The number of aromatic nitrogens is 3. The fourth-order valence-corrected chi connectivity index (χ4v) is 2.55. The second-order valence-corrected chi connectivity index (χ2v) is 5.70. The number of hydrogen-bond acceptors (Lipinski definition) is 6. The monoisotopic (exact) mass is 298 g/mol. The van der Waals surface area contributed by atoms with Gasteiger partial charge in [0.15, 0.2) is 0 Å². The van der Waals surface area contributed by atoms with Crippen molar-refractivity contribution in [3.63, 3.8) is 0 Å². The van der Waals surface area contributed by atoms with Crippen molar-refractivity contribution in [2.75, 3.05) is 41.3 Å². The highest BCUT2D eigenvalue weighted by Crippen LogP contribution is 2.17. The van der Waals surface area contributed by atoms with Gasteiger partial charge in [0.1, 0.15) is 11.6 Å². The Kier molecular flexibility index (Phi) is 4.37. The van der Waals surface area contributed by atoms with Crippen LogP contribution < -0.4 is 15.1 Å². The Balaban J connectivity index is 1.64. The normalized spacial score (nSPS) is 15.2. The van der Waals surface area contributed by atoms with E-state index < -0.39 is 0 Å². The number of anilines is 3. The molecule has 0 bridgehead atoms. The second kappa shape index (κ2) is 6.60. The van der Waals surface area contributed by atoms with E-state index >= 15 is 0 Å². The maximum Gasteiger partial charge on any atom is 0.227 e. The smallest absolute Gasteiger partial charge is 0.227 e. The van der Waals surface area contributed by atoms with E-state index in [1.165, 1.54) is 0 Å². The molecule has 3 heterocycles. The van der Waals surface area contributed by atoms with Gasteiger partial charge in [0.2, 0.25) is 5.95 Å². The molecule has 6 heteroatoms. The Labute approximate surface area is 131 Å². The Hall–Kier alpha value is -2.37. The molecule has 0 radical (unpaired) electrons. The van der Waals surface area contributed by atoms with E-state index in [2.05, 4.69) is 50.0 Å². The molecule has 116 valence electrons. The van der Waals surface area contributed by atoms with Gasteiger partial charge in [-0.3, -0.25) is 0 Å². The number of rotatable bonds is 4. The lowest BCUT2D eigenvalue weighted by atomic mass is 10.3. The third kappa shape index (κ3) is 3.44. The minimum Gasteiger partial charge on any atom is -0.368 e. The fraction of sp³-hybridized carbons (Fsp3) is 0.438. The van der Waals surface area contributed by atoms with Crippen molar-refractivity contribution >= 4 is 17.6 Å². The van der Waals surface area contributed by atoms with E-state index in [0.717, 1.165) is 43.8 Å². The predicted molar refractivity (Wildman–Crippen MR) is 89.5 cm³/mol. The third-order valence-corrected chi connectivity index (χ3v) is 3.62. The molecule has 0 spiro atoms. The molecule has 1 saturated heterocycles. The van der Waals surface area contributed by atoms with Gasteiger partial charge in [-0.1, -0.05) is 6.07 Å². The van der Waals surface area contributed by atoms with E-state index in [-0.39, 0.29) is 0 Å². The Morgan fingerprint density at radius 2 is 1.73 bits per heavy atom. The first kappa shape index (κ1) is 14.6. The summed E-state index contributed by atoms with van der Waals surface area (Å²) in [4.78, 5) is 18.0. The highest BCUT2D eigenvalue weighted by atomic mass is 15.3. The Morgan fingerprint density at radius 3 is 2.41 bits per heavy atom. The van der Waals surface area contributed by atoms with Crippen molar-refractivity contribution in [3.8, 4) is 0 Å². The summed E-state index contributed by atoms with van der Waals surface area (Å²) in [6.45, 7) is 7.88. The van der Waals surface area contributed by atoms with Crippen LogP contribution in [0.3, 0.4) is 0 Å². The molecule has 0 amide bonds. The molecule has 2 aromatic rings. The van der Waals surface area contributed by atoms with Crippen molar-refractivity contribution < 1.29 is 0 Å². The lowest BCUT2D eigenvalue weighted by Crippen LogP contribution is -2.47. The summed E-state index contributed by atoms with van der Waals surface area (Å²) < 4.78 is 0. The lowest BCUT2D eigenvalue weighted by Gasteiger charge is -2.35. The van der Waals surface area contributed by atoms with Crippen LogP contribution in [0.15, 0.2) is 36.7 Å². The van der Waals surface area contributed by atoms with Gasteiger partial charge in [-0.25, -0.2) is 9.97 Å². The largest absolute Gasteiger partial charge is 0.368 e. The number of nitrogens with one attached hydrogen (secondary N) is 1. The molecular weight excluding hydrogens is 276 g/mol. The molecule has 1 aliphatic rings. The van der Waals surface area contributed by atoms with Gasteiger partial charge in [0.05, 0.1) is 0 Å². The minimum atomic E-state index is 0.365. The molecule has 0 saturated carbocycles. The topological polar surface area (TPSA) is 57.2 Å². The highest BCUT2D eigenvalue weighted by Gasteiger charge is 2.19. The quantitative estimate of drug-likeness (QED) is 0.932. The molecule has 0 atom stereocenters. The van der Waals surface area contributed by atoms with Gasteiger partial charge in [-0.15, -0.1) is 0 Å². The molecule has 0 aliphatic carbocycles. The van der Waals surface area contributed by atoms with Crippen LogP contribution in [0.25, 0.3) is 0 Å². The third-order valence-electron chi connectivity index (χ3n) is 3.62. The molecular formula is C16H22N6. The standard InChI is InChI=1S/C16H22N6/c1-13(2)19-14-6-8-18-16(20-14)22-11-9-21(10-12-22)15-5-3-4-7-17-15/h3-8,13H,9-12H2,1-2H3,(H,18,19,20). The summed E-state index contributed by atoms with van der Waals surface area (Å²) >= 11 is 0. The van der Waals surface area contributed by atoms with Crippen LogP contribution >= 0.6 is 0 Å². The summed E-state index contributed by atoms with van der Waals surface area (Å²) in [5, 5.41) is 3.32. The van der Waals surface area contributed by atoms with Gasteiger partial charge >= 0.3 is 0 Å². The van der Waals surface area contributed by atoms with Crippen molar-refractivity contribution in [1.29, 1.82) is 0 Å². The molecule has 0 unspecified atom stereocenters. The summed E-state index contributed by atoms with van der Waals surface area (Å²) in [7, 11) is 0. The first-order valence-corrected chi connectivity index (χ1v) is 7.73. The van der Waals surface area contributed by atoms with Crippen LogP contribution in [0.4, 0.5) is 17.6 Å². The molecule has 3 rings (SSSR count). The van der Waals surface area contributed by atoms with Gasteiger partial charge in [-0.2, -0.15) is 4.98 Å².